The Morgan fingerprint density at radius 2 is 1.49 bits per heavy atom. The molecule has 4 aromatic rings. The topological polar surface area (TPSA) is 46.9 Å². The van der Waals surface area contributed by atoms with E-state index in [1.54, 1.807) is 14.2 Å². The molecule has 6 nitrogen and oxygen atoms in total. The van der Waals surface area contributed by atoms with E-state index in [1.807, 2.05) is 60.4 Å². The van der Waals surface area contributed by atoms with Gasteiger partial charge in [-0.1, -0.05) is 60.7 Å². The van der Waals surface area contributed by atoms with Crippen LogP contribution in [-0.2, 0) is 6.54 Å². The first-order chi connectivity index (χ1) is 18.1. The van der Waals surface area contributed by atoms with Gasteiger partial charge in [0.2, 0.25) is 0 Å². The third-order valence-electron chi connectivity index (χ3n) is 7.08. The van der Waals surface area contributed by atoms with Crippen LogP contribution in [0.5, 0.6) is 11.5 Å². The Labute approximate surface area is 218 Å². The van der Waals surface area contributed by atoms with Crippen LogP contribution in [0, 0.1) is 6.92 Å². The van der Waals surface area contributed by atoms with E-state index in [0.29, 0.717) is 24.4 Å². The zero-order valence-electron chi connectivity index (χ0n) is 21.7. The fraction of sp³-hybridized carbons (Fsp3) is 0.258. The average molecular weight is 496 g/mol. The second kappa shape index (κ2) is 10.9. The molecule has 6 heteroatoms. The van der Waals surface area contributed by atoms with Crippen molar-refractivity contribution in [3.05, 3.63) is 102 Å². The van der Waals surface area contributed by atoms with Crippen molar-refractivity contribution in [2.75, 3.05) is 40.4 Å². The molecule has 1 amide bonds. The first kappa shape index (κ1) is 24.7. The number of methoxy groups -OCH3 is 2. The van der Waals surface area contributed by atoms with Gasteiger partial charge in [-0.25, -0.2) is 0 Å². The van der Waals surface area contributed by atoms with Crippen molar-refractivity contribution in [1.29, 1.82) is 0 Å². The molecule has 1 fully saturated rings. The van der Waals surface area contributed by atoms with E-state index in [0.717, 1.165) is 48.0 Å². The Kier molecular flexibility index (Phi) is 7.28. The number of carbonyl (C=O) groups excluding carboxylic acids is 1. The van der Waals surface area contributed by atoms with Crippen LogP contribution in [0.2, 0.25) is 0 Å². The molecule has 0 radical (unpaired) electrons. The quantitative estimate of drug-likeness (QED) is 0.343. The third kappa shape index (κ3) is 5.11. The fourth-order valence-corrected chi connectivity index (χ4v) is 5.05. The van der Waals surface area contributed by atoms with Gasteiger partial charge in [-0.15, -0.1) is 0 Å². The zero-order chi connectivity index (χ0) is 25.8. The molecule has 1 aromatic heterocycles. The van der Waals surface area contributed by atoms with Gasteiger partial charge in [0, 0.05) is 44.5 Å². The van der Waals surface area contributed by atoms with E-state index < -0.39 is 0 Å². The summed E-state index contributed by atoms with van der Waals surface area (Å²) in [7, 11) is 3.29. The van der Waals surface area contributed by atoms with Gasteiger partial charge in [-0.3, -0.25) is 9.69 Å². The van der Waals surface area contributed by atoms with Crippen molar-refractivity contribution in [1.82, 2.24) is 14.4 Å². The summed E-state index contributed by atoms with van der Waals surface area (Å²) >= 11 is 0. The normalized spacial score (nSPS) is 14.0. The number of hydrogen-bond donors (Lipinski definition) is 0. The monoisotopic (exact) mass is 495 g/mol. The maximum Gasteiger partial charge on any atom is 0.255 e. The lowest BCUT2D eigenvalue weighted by atomic mass is 10.1. The largest absolute Gasteiger partial charge is 0.497 e. The molecule has 1 saturated heterocycles. The highest BCUT2D eigenvalue weighted by molar-refractivity contribution is 5.97. The SMILES string of the molecule is COc1ccc(-n2c(-c3ccccc3)cc(C(=O)N3CCN(Cc4ccccc4)CC3)c2C)c(OC)c1. The van der Waals surface area contributed by atoms with Crippen LogP contribution in [0.25, 0.3) is 16.9 Å². The van der Waals surface area contributed by atoms with Crippen LogP contribution in [0.1, 0.15) is 21.6 Å². The number of carbonyl (C=O) groups is 1. The molecule has 190 valence electrons. The van der Waals surface area contributed by atoms with Gasteiger partial charge in [0.25, 0.3) is 5.91 Å². The molecular formula is C31H33N3O3. The summed E-state index contributed by atoms with van der Waals surface area (Å²) in [5, 5.41) is 0. The lowest BCUT2D eigenvalue weighted by Gasteiger charge is -2.34. The number of benzene rings is 3. The molecule has 0 N–H and O–H groups in total. The molecule has 0 saturated carbocycles. The van der Waals surface area contributed by atoms with Crippen LogP contribution in [-0.4, -0.2) is 60.7 Å². The number of hydrogen-bond acceptors (Lipinski definition) is 4. The summed E-state index contributed by atoms with van der Waals surface area (Å²) in [6, 6.07) is 28.5. The number of nitrogens with zero attached hydrogens (tertiary/aromatic N) is 3. The Hall–Kier alpha value is -4.03. The van der Waals surface area contributed by atoms with Crippen LogP contribution in [0.15, 0.2) is 84.9 Å². The first-order valence-electron chi connectivity index (χ1n) is 12.6. The van der Waals surface area contributed by atoms with Crippen LogP contribution in [0.4, 0.5) is 0 Å². The molecule has 2 heterocycles. The van der Waals surface area contributed by atoms with Gasteiger partial charge in [0.05, 0.1) is 31.2 Å². The summed E-state index contributed by atoms with van der Waals surface area (Å²) < 4.78 is 13.3. The number of piperazine rings is 1. The van der Waals surface area contributed by atoms with Gasteiger partial charge in [-0.05, 0) is 36.2 Å². The van der Waals surface area contributed by atoms with Crippen molar-refractivity contribution in [3.8, 4) is 28.4 Å². The molecule has 1 aliphatic rings. The summed E-state index contributed by atoms with van der Waals surface area (Å²) in [5.41, 5.74) is 5.76. The van der Waals surface area contributed by atoms with Crippen molar-refractivity contribution < 1.29 is 14.3 Å². The zero-order valence-corrected chi connectivity index (χ0v) is 21.7. The highest BCUT2D eigenvalue weighted by Gasteiger charge is 2.27. The molecule has 0 spiro atoms. The molecule has 0 aliphatic carbocycles. The molecule has 1 aliphatic heterocycles. The summed E-state index contributed by atoms with van der Waals surface area (Å²) in [6.45, 7) is 6.06. The smallest absolute Gasteiger partial charge is 0.255 e. The minimum absolute atomic E-state index is 0.0697. The van der Waals surface area contributed by atoms with Crippen LogP contribution >= 0.6 is 0 Å². The highest BCUT2D eigenvalue weighted by Crippen LogP contribution is 2.36. The Morgan fingerprint density at radius 1 is 0.811 bits per heavy atom. The Morgan fingerprint density at radius 3 is 2.14 bits per heavy atom. The summed E-state index contributed by atoms with van der Waals surface area (Å²) in [6.07, 6.45) is 0. The molecule has 0 unspecified atom stereocenters. The van der Waals surface area contributed by atoms with Crippen molar-refractivity contribution in [2.45, 2.75) is 13.5 Å². The Balaban J connectivity index is 1.45. The third-order valence-corrected chi connectivity index (χ3v) is 7.08. The average Bonchev–Trinajstić information content (AvgIpc) is 3.30. The number of ether oxygens (including phenoxy) is 2. The second-order valence-corrected chi connectivity index (χ2v) is 9.32. The molecule has 3 aromatic carbocycles. The molecule has 0 atom stereocenters. The van der Waals surface area contributed by atoms with E-state index >= 15 is 0 Å². The molecule has 0 bridgehead atoms. The van der Waals surface area contributed by atoms with Gasteiger partial charge < -0.3 is 18.9 Å². The van der Waals surface area contributed by atoms with Crippen LogP contribution in [0.3, 0.4) is 0 Å². The van der Waals surface area contributed by atoms with Crippen LogP contribution < -0.4 is 9.47 Å². The van der Waals surface area contributed by atoms with E-state index in [2.05, 4.69) is 45.9 Å². The maximum atomic E-state index is 13.8. The first-order valence-corrected chi connectivity index (χ1v) is 12.6. The van der Waals surface area contributed by atoms with E-state index in [1.165, 1.54) is 5.56 Å². The highest BCUT2D eigenvalue weighted by atomic mass is 16.5. The van der Waals surface area contributed by atoms with Crippen molar-refractivity contribution in [2.24, 2.45) is 0 Å². The fourth-order valence-electron chi connectivity index (χ4n) is 5.05. The summed E-state index contributed by atoms with van der Waals surface area (Å²) in [4.78, 5) is 18.2. The number of aromatic nitrogens is 1. The van der Waals surface area contributed by atoms with E-state index in [-0.39, 0.29) is 5.91 Å². The summed E-state index contributed by atoms with van der Waals surface area (Å²) in [5.74, 6) is 1.47. The van der Waals surface area contributed by atoms with E-state index in [9.17, 15) is 4.79 Å². The molecule has 37 heavy (non-hydrogen) atoms. The lowest BCUT2D eigenvalue weighted by Crippen LogP contribution is -2.48. The predicted molar refractivity (Wildman–Crippen MR) is 147 cm³/mol. The second-order valence-electron chi connectivity index (χ2n) is 9.32. The van der Waals surface area contributed by atoms with Crippen molar-refractivity contribution >= 4 is 5.91 Å². The molecular weight excluding hydrogens is 462 g/mol. The van der Waals surface area contributed by atoms with Gasteiger partial charge >= 0.3 is 0 Å². The minimum atomic E-state index is 0.0697. The Bertz CT molecular complexity index is 1360. The standard InChI is InChI=1S/C31H33N3O3/c1-23-27(31(35)33-18-16-32(17-19-33)22-24-10-6-4-7-11-24)21-29(25-12-8-5-9-13-25)34(23)28-15-14-26(36-2)20-30(28)37-3/h4-15,20-21H,16-19,22H2,1-3H3. The number of amides is 1. The minimum Gasteiger partial charge on any atom is -0.497 e. The predicted octanol–water partition coefficient (Wildman–Crippen LogP) is 5.43. The lowest BCUT2D eigenvalue weighted by molar-refractivity contribution is 0.0628. The number of rotatable bonds is 7. The van der Waals surface area contributed by atoms with Gasteiger partial charge in [0.15, 0.2) is 0 Å². The van der Waals surface area contributed by atoms with Crippen molar-refractivity contribution in [3.63, 3.8) is 0 Å². The van der Waals surface area contributed by atoms with E-state index in [4.69, 9.17) is 9.47 Å². The maximum absolute atomic E-state index is 13.8. The molecule has 5 rings (SSSR count). The van der Waals surface area contributed by atoms with Gasteiger partial charge in [-0.2, -0.15) is 0 Å². The van der Waals surface area contributed by atoms with Gasteiger partial charge in [0.1, 0.15) is 11.5 Å².